The molecule has 1 saturated carbocycles. The molecule has 0 bridgehead atoms. The van der Waals surface area contributed by atoms with E-state index in [-0.39, 0.29) is 5.82 Å². The maximum absolute atomic E-state index is 14.5. The maximum atomic E-state index is 14.5. The maximum Gasteiger partial charge on any atom is 0.131 e. The molecule has 0 spiro atoms. The molecule has 1 aliphatic rings. The summed E-state index contributed by atoms with van der Waals surface area (Å²) in [6.07, 6.45) is 1.66. The Labute approximate surface area is 128 Å². The van der Waals surface area contributed by atoms with Crippen LogP contribution >= 0.6 is 0 Å². The average molecular weight is 287 g/mol. The Hall–Kier alpha value is -2.66. The molecule has 0 radical (unpaired) electrons. The molecule has 1 aliphatic carbocycles. The summed E-state index contributed by atoms with van der Waals surface area (Å²) >= 11 is 0. The molecule has 0 unspecified atom stereocenters. The van der Waals surface area contributed by atoms with Gasteiger partial charge in [0.2, 0.25) is 0 Å². The van der Waals surface area contributed by atoms with E-state index in [9.17, 15) is 9.65 Å². The van der Waals surface area contributed by atoms with Crippen LogP contribution in [-0.2, 0) is 5.41 Å². The molecule has 0 N–H and O–H groups in total. The van der Waals surface area contributed by atoms with Crippen molar-refractivity contribution in [3.8, 4) is 17.2 Å². The van der Waals surface area contributed by atoms with Gasteiger partial charge in [-0.05, 0) is 46.9 Å². The van der Waals surface area contributed by atoms with Crippen molar-refractivity contribution >= 4 is 10.8 Å². The van der Waals surface area contributed by atoms with E-state index in [2.05, 4.69) is 6.07 Å². The molecule has 0 atom stereocenters. The molecule has 4 rings (SSSR count). The van der Waals surface area contributed by atoms with E-state index in [0.717, 1.165) is 34.7 Å². The van der Waals surface area contributed by atoms with Crippen molar-refractivity contribution in [2.75, 3.05) is 0 Å². The highest BCUT2D eigenvalue weighted by atomic mass is 19.1. The number of nitriles is 1. The second kappa shape index (κ2) is 4.68. The molecule has 0 amide bonds. The Bertz CT molecular complexity index is 916. The minimum atomic E-state index is -0.442. The monoisotopic (exact) mass is 287 g/mol. The first-order valence-electron chi connectivity index (χ1n) is 7.42. The fraction of sp³-hybridized carbons (Fsp3) is 0.150. The van der Waals surface area contributed by atoms with E-state index in [1.807, 2.05) is 48.5 Å². The fourth-order valence-corrected chi connectivity index (χ4v) is 2.99. The van der Waals surface area contributed by atoms with Gasteiger partial charge in [-0.15, -0.1) is 0 Å². The molecule has 0 heterocycles. The molecule has 3 aromatic carbocycles. The molecule has 0 aliphatic heterocycles. The second-order valence-corrected chi connectivity index (χ2v) is 5.95. The van der Waals surface area contributed by atoms with Crippen LogP contribution in [0.15, 0.2) is 60.7 Å². The minimum absolute atomic E-state index is 0.255. The molecule has 1 nitrogen and oxygen atoms in total. The highest BCUT2D eigenvalue weighted by Gasteiger charge is 2.45. The normalized spacial score (nSPS) is 15.5. The lowest BCUT2D eigenvalue weighted by Gasteiger charge is -2.10. The molecule has 22 heavy (non-hydrogen) atoms. The van der Waals surface area contributed by atoms with Gasteiger partial charge < -0.3 is 0 Å². The molecule has 1 fully saturated rings. The average Bonchev–Trinajstić information content (AvgIpc) is 3.35. The van der Waals surface area contributed by atoms with Crippen molar-refractivity contribution in [1.29, 1.82) is 5.26 Å². The summed E-state index contributed by atoms with van der Waals surface area (Å²) in [5.74, 6) is -0.255. The van der Waals surface area contributed by atoms with Crippen molar-refractivity contribution in [3.05, 3.63) is 72.0 Å². The van der Waals surface area contributed by atoms with Crippen molar-refractivity contribution in [1.82, 2.24) is 0 Å². The molecule has 3 aromatic rings. The number of benzene rings is 3. The summed E-state index contributed by atoms with van der Waals surface area (Å²) in [6.45, 7) is 0. The zero-order valence-corrected chi connectivity index (χ0v) is 12.0. The Kier molecular flexibility index (Phi) is 2.77. The van der Waals surface area contributed by atoms with Gasteiger partial charge in [0.1, 0.15) is 5.82 Å². The third kappa shape index (κ3) is 1.98. The standard InChI is InChI=1S/C20H14FN/c21-19-12-17(20(13-22)9-10-20)7-8-18(19)16-6-5-14-3-1-2-4-15(14)11-16/h1-8,11-12H,9-10H2. The van der Waals surface area contributed by atoms with Crippen LogP contribution in [0.25, 0.3) is 21.9 Å². The van der Waals surface area contributed by atoms with Gasteiger partial charge in [0.15, 0.2) is 0 Å². The summed E-state index contributed by atoms with van der Waals surface area (Å²) in [5, 5.41) is 11.5. The highest BCUT2D eigenvalue weighted by molar-refractivity contribution is 5.87. The summed E-state index contributed by atoms with van der Waals surface area (Å²) in [6, 6.07) is 21.5. The molecule has 0 saturated heterocycles. The first kappa shape index (κ1) is 13.0. The van der Waals surface area contributed by atoms with Crippen molar-refractivity contribution in [2.24, 2.45) is 0 Å². The molecule has 0 aromatic heterocycles. The van der Waals surface area contributed by atoms with Gasteiger partial charge in [-0.2, -0.15) is 5.26 Å². The van der Waals surface area contributed by atoms with Crippen LogP contribution in [0.4, 0.5) is 4.39 Å². The SMILES string of the molecule is N#CC1(c2ccc(-c3ccc4ccccc4c3)c(F)c2)CC1. The number of halogens is 1. The van der Waals surface area contributed by atoms with E-state index in [0.29, 0.717) is 5.56 Å². The Morgan fingerprint density at radius 2 is 1.68 bits per heavy atom. The summed E-state index contributed by atoms with van der Waals surface area (Å²) in [4.78, 5) is 0. The van der Waals surface area contributed by atoms with Crippen molar-refractivity contribution in [2.45, 2.75) is 18.3 Å². The molecule has 106 valence electrons. The van der Waals surface area contributed by atoms with Crippen LogP contribution < -0.4 is 0 Å². The topological polar surface area (TPSA) is 23.8 Å². The van der Waals surface area contributed by atoms with E-state index >= 15 is 0 Å². The van der Waals surface area contributed by atoms with Gasteiger partial charge in [0.05, 0.1) is 11.5 Å². The lowest BCUT2D eigenvalue weighted by molar-refractivity contribution is 0.627. The Balaban J connectivity index is 1.80. The van der Waals surface area contributed by atoms with Gasteiger partial charge in [0.25, 0.3) is 0 Å². The Morgan fingerprint density at radius 3 is 2.36 bits per heavy atom. The summed E-state index contributed by atoms with van der Waals surface area (Å²) in [7, 11) is 0. The first-order valence-corrected chi connectivity index (χ1v) is 7.42. The smallest absolute Gasteiger partial charge is 0.131 e. The largest absolute Gasteiger partial charge is 0.206 e. The van der Waals surface area contributed by atoms with Crippen molar-refractivity contribution < 1.29 is 4.39 Å². The predicted molar refractivity (Wildman–Crippen MR) is 85.9 cm³/mol. The number of fused-ring (bicyclic) bond motifs is 1. The highest BCUT2D eigenvalue weighted by Crippen LogP contribution is 2.48. The summed E-state index contributed by atoms with van der Waals surface area (Å²) in [5.41, 5.74) is 1.81. The quantitative estimate of drug-likeness (QED) is 0.635. The van der Waals surface area contributed by atoms with E-state index < -0.39 is 5.41 Å². The van der Waals surface area contributed by atoms with E-state index in [1.54, 1.807) is 6.07 Å². The summed E-state index contributed by atoms with van der Waals surface area (Å²) < 4.78 is 14.5. The van der Waals surface area contributed by atoms with Crippen LogP contribution in [0.2, 0.25) is 0 Å². The van der Waals surface area contributed by atoms with Crippen LogP contribution in [-0.4, -0.2) is 0 Å². The third-order valence-corrected chi connectivity index (χ3v) is 4.55. The number of hydrogen-bond donors (Lipinski definition) is 0. The third-order valence-electron chi connectivity index (χ3n) is 4.55. The zero-order valence-electron chi connectivity index (χ0n) is 12.0. The minimum Gasteiger partial charge on any atom is -0.206 e. The number of rotatable bonds is 2. The van der Waals surface area contributed by atoms with Gasteiger partial charge >= 0.3 is 0 Å². The molecular formula is C20H14FN. The lowest BCUT2D eigenvalue weighted by Crippen LogP contribution is -2.03. The van der Waals surface area contributed by atoms with E-state index in [1.165, 1.54) is 6.07 Å². The number of nitrogens with zero attached hydrogens (tertiary/aromatic N) is 1. The van der Waals surface area contributed by atoms with Gasteiger partial charge in [0, 0.05) is 5.56 Å². The van der Waals surface area contributed by atoms with Crippen LogP contribution in [0.5, 0.6) is 0 Å². The van der Waals surface area contributed by atoms with Gasteiger partial charge in [-0.3, -0.25) is 0 Å². The van der Waals surface area contributed by atoms with Gasteiger partial charge in [-0.25, -0.2) is 4.39 Å². The fourth-order valence-electron chi connectivity index (χ4n) is 2.99. The zero-order chi connectivity index (χ0) is 15.2. The predicted octanol–water partition coefficient (Wildman–Crippen LogP) is 5.20. The van der Waals surface area contributed by atoms with Crippen LogP contribution in [0.3, 0.4) is 0 Å². The lowest BCUT2D eigenvalue weighted by atomic mass is 9.94. The van der Waals surface area contributed by atoms with Crippen LogP contribution in [0.1, 0.15) is 18.4 Å². The second-order valence-electron chi connectivity index (χ2n) is 5.95. The Morgan fingerprint density at radius 1 is 0.909 bits per heavy atom. The van der Waals surface area contributed by atoms with E-state index in [4.69, 9.17) is 0 Å². The van der Waals surface area contributed by atoms with Crippen LogP contribution in [0, 0.1) is 17.1 Å². The molecular weight excluding hydrogens is 273 g/mol. The number of hydrogen-bond acceptors (Lipinski definition) is 1. The van der Waals surface area contributed by atoms with Crippen molar-refractivity contribution in [3.63, 3.8) is 0 Å². The molecule has 2 heteroatoms. The first-order chi connectivity index (χ1) is 10.7. The van der Waals surface area contributed by atoms with Gasteiger partial charge in [-0.1, -0.05) is 48.5 Å².